The second-order valence-electron chi connectivity index (χ2n) is 8.02. The second kappa shape index (κ2) is 8.20. The Labute approximate surface area is 179 Å². The summed E-state index contributed by atoms with van der Waals surface area (Å²) in [6.07, 6.45) is 10.1. The largest absolute Gasteiger partial charge is 0.367 e. The third-order valence-corrected chi connectivity index (χ3v) is 6.17. The lowest BCUT2D eigenvalue weighted by atomic mass is 9.90. The summed E-state index contributed by atoms with van der Waals surface area (Å²) in [6, 6.07) is 4.40. The van der Waals surface area contributed by atoms with E-state index in [0.717, 1.165) is 66.8 Å². The van der Waals surface area contributed by atoms with E-state index < -0.39 is 0 Å². The van der Waals surface area contributed by atoms with Gasteiger partial charge >= 0.3 is 0 Å². The minimum atomic E-state index is 0.00383. The van der Waals surface area contributed by atoms with Gasteiger partial charge in [-0.15, -0.1) is 0 Å². The molecule has 0 bridgehead atoms. The number of anilines is 1. The highest BCUT2D eigenvalue weighted by atomic mass is 35.5. The zero-order valence-electron chi connectivity index (χ0n) is 16.5. The molecular weight excluding hydrogens is 402 g/mol. The minimum absolute atomic E-state index is 0.00383. The fraction of sp³-hybridized carbons (Fsp3) is 0.429. The molecule has 0 unspecified atom stereocenters. The highest BCUT2D eigenvalue weighted by molar-refractivity contribution is 6.29. The van der Waals surface area contributed by atoms with Crippen LogP contribution in [0, 0.1) is 0 Å². The predicted molar refractivity (Wildman–Crippen MR) is 116 cm³/mol. The van der Waals surface area contributed by atoms with Crippen LogP contribution in [0.25, 0.3) is 22.3 Å². The fourth-order valence-corrected chi connectivity index (χ4v) is 4.41. The lowest BCUT2D eigenvalue weighted by Gasteiger charge is -2.33. The molecule has 0 spiro atoms. The van der Waals surface area contributed by atoms with Crippen LogP contribution in [-0.2, 0) is 4.79 Å². The van der Waals surface area contributed by atoms with Crippen LogP contribution in [0.2, 0.25) is 5.15 Å². The molecule has 4 heterocycles. The summed E-state index contributed by atoms with van der Waals surface area (Å²) < 4.78 is 0. The molecule has 1 saturated carbocycles. The van der Waals surface area contributed by atoms with E-state index in [0.29, 0.717) is 11.2 Å². The van der Waals surface area contributed by atoms with E-state index in [2.05, 4.69) is 35.9 Å². The lowest BCUT2D eigenvalue weighted by Crippen LogP contribution is -2.55. The van der Waals surface area contributed by atoms with E-state index in [1.165, 1.54) is 0 Å². The monoisotopic (exact) mass is 425 g/mol. The van der Waals surface area contributed by atoms with Crippen LogP contribution in [-0.4, -0.2) is 50.5 Å². The number of hydrogen-bond acceptors (Lipinski definition) is 6. The van der Waals surface area contributed by atoms with E-state index in [1.54, 1.807) is 12.4 Å². The van der Waals surface area contributed by atoms with Gasteiger partial charge < -0.3 is 20.9 Å². The van der Waals surface area contributed by atoms with Gasteiger partial charge in [-0.05, 0) is 56.3 Å². The number of rotatable bonds is 5. The van der Waals surface area contributed by atoms with Crippen LogP contribution in [0.4, 0.5) is 5.82 Å². The number of hydrogen-bond donors (Lipinski definition) is 4. The Bertz CT molecular complexity index is 1060. The Kier molecular flexibility index (Phi) is 5.26. The van der Waals surface area contributed by atoms with Crippen molar-refractivity contribution in [2.75, 3.05) is 11.9 Å². The summed E-state index contributed by atoms with van der Waals surface area (Å²) in [5.74, 6) is 0.891. The third-order valence-electron chi connectivity index (χ3n) is 5.98. The molecular formula is C21H24ClN7O. The number of carbonyl (C=O) groups excluding carboxylic acids is 1. The maximum atomic E-state index is 12.1. The molecule has 3 aromatic heterocycles. The number of nitrogens with one attached hydrogen (secondary N) is 4. The number of aromatic amines is 1. The van der Waals surface area contributed by atoms with E-state index in [9.17, 15) is 4.79 Å². The first-order chi connectivity index (χ1) is 14.7. The van der Waals surface area contributed by atoms with Gasteiger partial charge in [-0.2, -0.15) is 0 Å². The zero-order chi connectivity index (χ0) is 20.5. The average molecular weight is 426 g/mol. The maximum absolute atomic E-state index is 12.1. The summed E-state index contributed by atoms with van der Waals surface area (Å²) in [4.78, 5) is 28.5. The predicted octanol–water partition coefficient (Wildman–Crippen LogP) is 2.87. The molecule has 0 radical (unpaired) electrons. The van der Waals surface area contributed by atoms with Gasteiger partial charge in [0.2, 0.25) is 5.91 Å². The number of aromatic nitrogens is 4. The highest BCUT2D eigenvalue weighted by Gasteiger charge is 2.28. The van der Waals surface area contributed by atoms with E-state index in [4.69, 9.17) is 11.6 Å². The molecule has 8 nitrogen and oxygen atoms in total. The summed E-state index contributed by atoms with van der Waals surface area (Å²) in [6.45, 7) is 0.939. The smallest absolute Gasteiger partial charge is 0.237 e. The van der Waals surface area contributed by atoms with Crippen LogP contribution < -0.4 is 16.0 Å². The van der Waals surface area contributed by atoms with Crippen molar-refractivity contribution < 1.29 is 4.79 Å². The minimum Gasteiger partial charge on any atom is -0.367 e. The summed E-state index contributed by atoms with van der Waals surface area (Å²) in [5, 5.41) is 10.3. The first kappa shape index (κ1) is 19.3. The Morgan fingerprint density at radius 2 is 1.83 bits per heavy atom. The average Bonchev–Trinajstić information content (AvgIpc) is 3.12. The molecule has 1 aliphatic carbocycles. The lowest BCUT2D eigenvalue weighted by molar-refractivity contribution is -0.125. The van der Waals surface area contributed by atoms with Crippen molar-refractivity contribution in [3.63, 3.8) is 0 Å². The van der Waals surface area contributed by atoms with Gasteiger partial charge in [0.05, 0.1) is 6.04 Å². The van der Waals surface area contributed by atoms with Gasteiger partial charge in [-0.3, -0.25) is 9.78 Å². The number of fused-ring (bicyclic) bond motifs is 1. The molecule has 1 saturated heterocycles. The van der Waals surface area contributed by atoms with Crippen molar-refractivity contribution in [1.82, 2.24) is 30.6 Å². The van der Waals surface area contributed by atoms with Crippen molar-refractivity contribution in [3.05, 3.63) is 35.9 Å². The Morgan fingerprint density at radius 1 is 1.07 bits per heavy atom. The molecule has 2 fully saturated rings. The Morgan fingerprint density at radius 3 is 2.60 bits per heavy atom. The Hall–Kier alpha value is -2.71. The van der Waals surface area contributed by atoms with Crippen LogP contribution in [0.15, 0.2) is 30.7 Å². The molecule has 3 aromatic rings. The maximum Gasteiger partial charge on any atom is 0.237 e. The van der Waals surface area contributed by atoms with Crippen LogP contribution in [0.1, 0.15) is 32.1 Å². The zero-order valence-corrected chi connectivity index (χ0v) is 17.2. The molecule has 156 valence electrons. The molecule has 4 N–H and O–H groups in total. The molecule has 2 aliphatic rings. The molecule has 1 atom stereocenters. The standard InChI is InChI=1S/C21H24ClN7O/c22-17-9-12(15-11-26-20-19(15)24-7-8-25-20)10-18(29-17)27-13-1-3-14(4-2-13)28-21(30)16-5-6-23-16/h7-11,13-14,16,23H,1-6H2,(H,25,26)(H,27,29)(H,28,30)/t13?,14?,16-/m0/s1. The quantitative estimate of drug-likeness (QED) is 0.468. The van der Waals surface area contributed by atoms with Gasteiger partial charge in [-0.25, -0.2) is 9.97 Å². The summed E-state index contributed by atoms with van der Waals surface area (Å²) in [5.41, 5.74) is 3.44. The number of pyridine rings is 1. The van der Waals surface area contributed by atoms with Gasteiger partial charge in [0.25, 0.3) is 0 Å². The van der Waals surface area contributed by atoms with Crippen LogP contribution in [0.5, 0.6) is 0 Å². The summed E-state index contributed by atoms with van der Waals surface area (Å²) >= 11 is 6.31. The number of halogens is 1. The highest BCUT2D eigenvalue weighted by Crippen LogP contribution is 2.30. The summed E-state index contributed by atoms with van der Waals surface area (Å²) in [7, 11) is 0. The van der Waals surface area contributed by atoms with Crippen molar-refractivity contribution >= 4 is 34.5 Å². The van der Waals surface area contributed by atoms with Gasteiger partial charge in [0, 0.05) is 36.2 Å². The number of carbonyl (C=O) groups is 1. The van der Waals surface area contributed by atoms with E-state index in [1.807, 2.05) is 18.3 Å². The van der Waals surface area contributed by atoms with Crippen LogP contribution >= 0.6 is 11.6 Å². The Balaban J connectivity index is 1.24. The molecule has 1 aliphatic heterocycles. The molecule has 9 heteroatoms. The molecule has 1 amide bonds. The van der Waals surface area contributed by atoms with Crippen LogP contribution in [0.3, 0.4) is 0 Å². The first-order valence-corrected chi connectivity index (χ1v) is 10.8. The van der Waals surface area contributed by atoms with Crippen molar-refractivity contribution in [2.24, 2.45) is 0 Å². The molecule has 30 heavy (non-hydrogen) atoms. The third kappa shape index (κ3) is 3.97. The van der Waals surface area contributed by atoms with Gasteiger partial charge in [0.1, 0.15) is 16.5 Å². The normalized spacial score (nSPS) is 23.7. The van der Waals surface area contributed by atoms with Gasteiger partial charge in [0.15, 0.2) is 5.65 Å². The number of H-pyrrole nitrogens is 1. The fourth-order valence-electron chi connectivity index (χ4n) is 4.20. The van der Waals surface area contributed by atoms with E-state index in [-0.39, 0.29) is 18.0 Å². The first-order valence-electron chi connectivity index (χ1n) is 10.4. The van der Waals surface area contributed by atoms with Crippen molar-refractivity contribution in [2.45, 2.75) is 50.2 Å². The van der Waals surface area contributed by atoms with Crippen molar-refractivity contribution in [1.29, 1.82) is 0 Å². The number of amides is 1. The molecule has 0 aromatic carbocycles. The topological polar surface area (TPSA) is 108 Å². The van der Waals surface area contributed by atoms with Crippen molar-refractivity contribution in [3.8, 4) is 11.1 Å². The number of nitrogens with zero attached hydrogens (tertiary/aromatic N) is 3. The second-order valence-corrected chi connectivity index (χ2v) is 8.40. The molecule has 5 rings (SSSR count). The van der Waals surface area contributed by atoms with E-state index >= 15 is 0 Å². The van der Waals surface area contributed by atoms with Gasteiger partial charge in [-0.1, -0.05) is 11.6 Å². The SMILES string of the molecule is O=C(NC1CCC(Nc2cc(-c3c[nH]c4nccnc34)cc(Cl)n2)CC1)[C@@H]1CCN1.